The second-order valence-electron chi connectivity index (χ2n) is 4.37. The smallest absolute Gasteiger partial charge is 0.200 e. The van der Waals surface area contributed by atoms with E-state index in [2.05, 4.69) is 26.0 Å². The van der Waals surface area contributed by atoms with E-state index in [0.29, 0.717) is 0 Å². The molecule has 2 aromatic heterocycles. The molecule has 0 bridgehead atoms. The highest BCUT2D eigenvalue weighted by Gasteiger charge is 2.20. The Balaban J connectivity index is 1.92. The van der Waals surface area contributed by atoms with Gasteiger partial charge in [0.2, 0.25) is 0 Å². The molecule has 96 valence electrons. The number of nitrogens with zero attached hydrogens (tertiary/aromatic N) is 3. The predicted molar refractivity (Wildman–Crippen MR) is 69.6 cm³/mol. The van der Waals surface area contributed by atoms with Gasteiger partial charge in [0.1, 0.15) is 5.69 Å². The number of fused-ring (bicyclic) bond motifs is 1. The molecule has 3 heterocycles. The summed E-state index contributed by atoms with van der Waals surface area (Å²) in [5.41, 5.74) is 1.56. The molecule has 0 radical (unpaired) electrons. The highest BCUT2D eigenvalue weighted by Crippen LogP contribution is 2.27. The van der Waals surface area contributed by atoms with E-state index in [-0.39, 0.29) is 6.29 Å². The summed E-state index contributed by atoms with van der Waals surface area (Å²) in [6.07, 6.45) is 6.61. The minimum Gasteiger partial charge on any atom is -0.459 e. The quantitative estimate of drug-likeness (QED) is 0.855. The van der Waals surface area contributed by atoms with Crippen molar-refractivity contribution in [1.82, 2.24) is 14.6 Å². The van der Waals surface area contributed by atoms with Gasteiger partial charge in [0, 0.05) is 18.8 Å². The van der Waals surface area contributed by atoms with Crippen molar-refractivity contribution in [3.05, 3.63) is 22.6 Å². The molecule has 1 unspecified atom stereocenters. The van der Waals surface area contributed by atoms with Gasteiger partial charge in [-0.15, -0.1) is 0 Å². The van der Waals surface area contributed by atoms with Gasteiger partial charge >= 0.3 is 0 Å². The predicted octanol–water partition coefficient (Wildman–Crippen LogP) is 2.71. The molecule has 0 spiro atoms. The Morgan fingerprint density at radius 1 is 1.50 bits per heavy atom. The summed E-state index contributed by atoms with van der Waals surface area (Å²) in [5, 5.41) is 4.38. The van der Waals surface area contributed by atoms with Crippen molar-refractivity contribution >= 4 is 21.6 Å². The largest absolute Gasteiger partial charge is 0.459 e. The molecule has 0 aromatic carbocycles. The number of aryl methyl sites for hydroxylation is 1. The lowest BCUT2D eigenvalue weighted by molar-refractivity contribution is -0.105. The number of ether oxygens (including phenoxy) is 2. The fraction of sp³-hybridized carbons (Fsp3) is 0.500. The zero-order valence-electron chi connectivity index (χ0n) is 10.1. The van der Waals surface area contributed by atoms with E-state index < -0.39 is 0 Å². The minimum absolute atomic E-state index is 0.170. The van der Waals surface area contributed by atoms with Crippen molar-refractivity contribution < 1.29 is 9.47 Å². The maximum atomic E-state index is 5.90. The Morgan fingerprint density at radius 3 is 3.17 bits per heavy atom. The summed E-state index contributed by atoms with van der Waals surface area (Å²) in [6, 6.07) is 0. The molecule has 1 fully saturated rings. The van der Waals surface area contributed by atoms with Gasteiger partial charge in [-0.2, -0.15) is 5.10 Å². The molecule has 0 N–H and O–H groups in total. The molecular weight excluding hydrogens is 298 g/mol. The molecule has 6 heteroatoms. The van der Waals surface area contributed by atoms with E-state index in [1.165, 1.54) is 0 Å². The van der Waals surface area contributed by atoms with Crippen molar-refractivity contribution in [2.75, 3.05) is 6.61 Å². The van der Waals surface area contributed by atoms with Crippen molar-refractivity contribution in [2.24, 2.45) is 0 Å². The summed E-state index contributed by atoms with van der Waals surface area (Å²) in [6.45, 7) is 2.68. The lowest BCUT2D eigenvalue weighted by Gasteiger charge is -2.22. The van der Waals surface area contributed by atoms with Crippen molar-refractivity contribution in [1.29, 1.82) is 0 Å². The number of halogens is 1. The van der Waals surface area contributed by atoms with E-state index >= 15 is 0 Å². The third-order valence-electron chi connectivity index (χ3n) is 2.95. The van der Waals surface area contributed by atoms with Crippen LogP contribution in [0.5, 0.6) is 5.75 Å². The highest BCUT2D eigenvalue weighted by atomic mass is 79.9. The lowest BCUT2D eigenvalue weighted by atomic mass is 10.2. The van der Waals surface area contributed by atoms with Crippen LogP contribution in [0.1, 0.15) is 25.0 Å². The van der Waals surface area contributed by atoms with Crippen LogP contribution in [0.25, 0.3) is 5.65 Å². The molecule has 2 aromatic rings. The number of aromatic nitrogens is 3. The van der Waals surface area contributed by atoms with Crippen LogP contribution in [0.4, 0.5) is 0 Å². The molecule has 5 nitrogen and oxygen atoms in total. The van der Waals surface area contributed by atoms with E-state index in [9.17, 15) is 0 Å². The summed E-state index contributed by atoms with van der Waals surface area (Å²) in [5.74, 6) is 0.717. The lowest BCUT2D eigenvalue weighted by Crippen LogP contribution is -2.25. The first-order valence-electron chi connectivity index (χ1n) is 6.03. The van der Waals surface area contributed by atoms with E-state index in [0.717, 1.165) is 47.4 Å². The third kappa shape index (κ3) is 2.22. The van der Waals surface area contributed by atoms with Gasteiger partial charge in [-0.25, -0.2) is 9.50 Å². The molecule has 18 heavy (non-hydrogen) atoms. The Hall–Kier alpha value is -1.14. The maximum Gasteiger partial charge on any atom is 0.200 e. The molecule has 1 atom stereocenters. The van der Waals surface area contributed by atoms with E-state index in [1.807, 2.05) is 13.1 Å². The van der Waals surface area contributed by atoms with E-state index in [4.69, 9.17) is 9.47 Å². The molecule has 0 aliphatic carbocycles. The Morgan fingerprint density at radius 2 is 2.39 bits per heavy atom. The van der Waals surface area contributed by atoms with Crippen LogP contribution in [-0.4, -0.2) is 27.5 Å². The van der Waals surface area contributed by atoms with E-state index in [1.54, 1.807) is 10.7 Å². The fourth-order valence-corrected chi connectivity index (χ4v) is 2.37. The molecule has 1 saturated heterocycles. The number of hydrogen-bond donors (Lipinski definition) is 0. The zero-order chi connectivity index (χ0) is 12.5. The zero-order valence-corrected chi connectivity index (χ0v) is 11.7. The summed E-state index contributed by atoms with van der Waals surface area (Å²) in [4.78, 5) is 4.34. The van der Waals surface area contributed by atoms with Gasteiger partial charge < -0.3 is 9.47 Å². The van der Waals surface area contributed by atoms with Crippen LogP contribution >= 0.6 is 15.9 Å². The summed E-state index contributed by atoms with van der Waals surface area (Å²) in [7, 11) is 0. The normalized spacial score (nSPS) is 20.2. The van der Waals surface area contributed by atoms with Crippen molar-refractivity contribution in [3.63, 3.8) is 0 Å². The van der Waals surface area contributed by atoms with Gasteiger partial charge in [-0.05, 0) is 35.7 Å². The van der Waals surface area contributed by atoms with Crippen molar-refractivity contribution in [3.8, 4) is 5.75 Å². The Labute approximate surface area is 113 Å². The Kier molecular flexibility index (Phi) is 3.22. The van der Waals surface area contributed by atoms with Crippen LogP contribution in [-0.2, 0) is 4.74 Å². The minimum atomic E-state index is -0.170. The first-order chi connectivity index (χ1) is 8.74. The standard InChI is InChI=1S/C12H14BrN3O2/c1-8-11(18-10-4-2-3-5-17-10)12-14-6-9(13)7-16(12)15-8/h6-7,10H,2-5H2,1H3. The van der Waals surface area contributed by atoms with Crippen LogP contribution in [0, 0.1) is 6.92 Å². The second kappa shape index (κ2) is 4.85. The molecule has 0 amide bonds. The maximum absolute atomic E-state index is 5.90. The highest BCUT2D eigenvalue weighted by molar-refractivity contribution is 9.10. The first kappa shape index (κ1) is 11.9. The number of rotatable bonds is 2. The van der Waals surface area contributed by atoms with Gasteiger partial charge in [-0.3, -0.25) is 0 Å². The van der Waals surface area contributed by atoms with Crippen LogP contribution in [0.2, 0.25) is 0 Å². The first-order valence-corrected chi connectivity index (χ1v) is 6.82. The van der Waals surface area contributed by atoms with Gasteiger partial charge in [0.25, 0.3) is 0 Å². The SMILES string of the molecule is Cc1nn2cc(Br)cnc2c1OC1CCCCO1. The topological polar surface area (TPSA) is 48.7 Å². The second-order valence-corrected chi connectivity index (χ2v) is 5.28. The van der Waals surface area contributed by atoms with Gasteiger partial charge in [-0.1, -0.05) is 0 Å². The molecular formula is C12H14BrN3O2. The van der Waals surface area contributed by atoms with Gasteiger partial charge in [0.05, 0.1) is 11.1 Å². The molecule has 1 aliphatic heterocycles. The molecule has 3 rings (SSSR count). The molecule has 0 saturated carbocycles. The van der Waals surface area contributed by atoms with Gasteiger partial charge in [0.15, 0.2) is 17.7 Å². The Bertz CT molecular complexity index is 564. The van der Waals surface area contributed by atoms with Crippen molar-refractivity contribution in [2.45, 2.75) is 32.5 Å². The van der Waals surface area contributed by atoms with Crippen LogP contribution in [0.15, 0.2) is 16.9 Å². The molecule has 1 aliphatic rings. The summed E-state index contributed by atoms with van der Waals surface area (Å²) < 4.78 is 14.1. The monoisotopic (exact) mass is 311 g/mol. The summed E-state index contributed by atoms with van der Waals surface area (Å²) >= 11 is 3.38. The van der Waals surface area contributed by atoms with Crippen LogP contribution < -0.4 is 4.74 Å². The van der Waals surface area contributed by atoms with Crippen LogP contribution in [0.3, 0.4) is 0 Å². The average Bonchev–Trinajstić information content (AvgIpc) is 2.66. The third-order valence-corrected chi connectivity index (χ3v) is 3.36. The average molecular weight is 312 g/mol. The number of hydrogen-bond acceptors (Lipinski definition) is 4. The fourth-order valence-electron chi connectivity index (χ4n) is 2.07.